The van der Waals surface area contributed by atoms with Gasteiger partial charge in [-0.15, -0.1) is 11.6 Å². The van der Waals surface area contributed by atoms with Crippen LogP contribution in [0.4, 0.5) is 0 Å². The SMILES string of the molecule is COCCCNC(=O)c1ccc(CCl)o1. The van der Waals surface area contributed by atoms with Gasteiger partial charge in [-0.25, -0.2) is 0 Å². The summed E-state index contributed by atoms with van der Waals surface area (Å²) in [6.07, 6.45) is 0.783. The van der Waals surface area contributed by atoms with E-state index in [4.69, 9.17) is 20.8 Å². The topological polar surface area (TPSA) is 51.5 Å². The Morgan fingerprint density at radius 1 is 1.60 bits per heavy atom. The molecule has 0 fully saturated rings. The van der Waals surface area contributed by atoms with Crippen LogP contribution in [0, 0.1) is 0 Å². The molecule has 5 heteroatoms. The van der Waals surface area contributed by atoms with Crippen molar-refractivity contribution in [2.75, 3.05) is 20.3 Å². The number of carbonyl (C=O) groups is 1. The maximum atomic E-state index is 11.4. The molecule has 1 heterocycles. The zero-order valence-electron chi connectivity index (χ0n) is 8.59. The number of alkyl halides is 1. The Labute approximate surface area is 93.5 Å². The second kappa shape index (κ2) is 6.48. The normalized spacial score (nSPS) is 10.3. The van der Waals surface area contributed by atoms with Crippen molar-refractivity contribution in [3.8, 4) is 0 Å². The van der Waals surface area contributed by atoms with Crippen LogP contribution >= 0.6 is 11.6 Å². The minimum atomic E-state index is -0.220. The summed E-state index contributed by atoms with van der Waals surface area (Å²) in [6, 6.07) is 3.31. The molecule has 1 rings (SSSR count). The fourth-order valence-electron chi connectivity index (χ4n) is 1.08. The second-order valence-electron chi connectivity index (χ2n) is 3.00. The van der Waals surface area contributed by atoms with Crippen LogP contribution in [0.5, 0.6) is 0 Å². The first-order chi connectivity index (χ1) is 7.27. The van der Waals surface area contributed by atoms with Gasteiger partial charge in [0.2, 0.25) is 0 Å². The molecule has 0 unspecified atom stereocenters. The van der Waals surface area contributed by atoms with Crippen molar-refractivity contribution >= 4 is 17.5 Å². The molecule has 0 saturated heterocycles. The summed E-state index contributed by atoms with van der Waals surface area (Å²) in [6.45, 7) is 1.20. The third-order valence-electron chi connectivity index (χ3n) is 1.83. The Balaban J connectivity index is 2.33. The average Bonchev–Trinajstić information content (AvgIpc) is 2.72. The highest BCUT2D eigenvalue weighted by Crippen LogP contribution is 2.09. The third kappa shape index (κ3) is 3.93. The quantitative estimate of drug-likeness (QED) is 0.600. The van der Waals surface area contributed by atoms with Crippen LogP contribution in [0.3, 0.4) is 0 Å². The van der Waals surface area contributed by atoms with Gasteiger partial charge in [0.1, 0.15) is 5.76 Å². The summed E-state index contributed by atoms with van der Waals surface area (Å²) < 4.78 is 10.0. The molecule has 0 bridgehead atoms. The molecule has 0 aliphatic carbocycles. The number of methoxy groups -OCH3 is 1. The van der Waals surface area contributed by atoms with Crippen molar-refractivity contribution in [1.82, 2.24) is 5.32 Å². The third-order valence-corrected chi connectivity index (χ3v) is 2.09. The van der Waals surface area contributed by atoms with E-state index in [1.54, 1.807) is 19.2 Å². The lowest BCUT2D eigenvalue weighted by Gasteiger charge is -2.01. The Morgan fingerprint density at radius 2 is 2.40 bits per heavy atom. The zero-order chi connectivity index (χ0) is 11.1. The van der Waals surface area contributed by atoms with Crippen LogP contribution in [-0.4, -0.2) is 26.2 Å². The van der Waals surface area contributed by atoms with Crippen molar-refractivity contribution in [2.45, 2.75) is 12.3 Å². The highest BCUT2D eigenvalue weighted by atomic mass is 35.5. The molecule has 0 aliphatic heterocycles. The Hall–Kier alpha value is -1.00. The van der Waals surface area contributed by atoms with Gasteiger partial charge in [0, 0.05) is 20.3 Å². The van der Waals surface area contributed by atoms with E-state index >= 15 is 0 Å². The number of hydrogen-bond donors (Lipinski definition) is 1. The number of ether oxygens (including phenoxy) is 1. The van der Waals surface area contributed by atoms with Gasteiger partial charge in [-0.05, 0) is 18.6 Å². The predicted molar refractivity (Wildman–Crippen MR) is 57.1 cm³/mol. The summed E-state index contributed by atoms with van der Waals surface area (Å²) in [5.74, 6) is 0.945. The van der Waals surface area contributed by atoms with Gasteiger partial charge >= 0.3 is 0 Å². The number of nitrogens with one attached hydrogen (secondary N) is 1. The van der Waals surface area contributed by atoms with Gasteiger partial charge in [-0.1, -0.05) is 0 Å². The van der Waals surface area contributed by atoms with E-state index in [0.29, 0.717) is 24.7 Å². The molecular weight excluding hydrogens is 218 g/mol. The standard InChI is InChI=1S/C10H14ClNO3/c1-14-6-2-5-12-10(13)9-4-3-8(7-11)15-9/h3-4H,2,5-7H2,1H3,(H,12,13). The Kier molecular flexibility index (Phi) is 5.21. The number of carbonyl (C=O) groups excluding carboxylic acids is 1. The minimum Gasteiger partial charge on any atom is -0.455 e. The maximum absolute atomic E-state index is 11.4. The van der Waals surface area contributed by atoms with Gasteiger partial charge in [-0.2, -0.15) is 0 Å². The average molecular weight is 232 g/mol. The smallest absolute Gasteiger partial charge is 0.286 e. The fraction of sp³-hybridized carbons (Fsp3) is 0.500. The van der Waals surface area contributed by atoms with E-state index in [1.165, 1.54) is 0 Å². The van der Waals surface area contributed by atoms with E-state index in [-0.39, 0.29) is 11.8 Å². The lowest BCUT2D eigenvalue weighted by molar-refractivity contribution is 0.0919. The van der Waals surface area contributed by atoms with E-state index < -0.39 is 0 Å². The van der Waals surface area contributed by atoms with Crippen LogP contribution in [0.25, 0.3) is 0 Å². The lowest BCUT2D eigenvalue weighted by Crippen LogP contribution is -2.24. The Morgan fingerprint density at radius 3 is 3.00 bits per heavy atom. The number of rotatable bonds is 6. The van der Waals surface area contributed by atoms with Gasteiger partial charge < -0.3 is 14.5 Å². The predicted octanol–water partition coefficient (Wildman–Crippen LogP) is 1.78. The second-order valence-corrected chi connectivity index (χ2v) is 3.27. The molecule has 4 nitrogen and oxygen atoms in total. The first kappa shape index (κ1) is 12.1. The molecule has 15 heavy (non-hydrogen) atoms. The highest BCUT2D eigenvalue weighted by Gasteiger charge is 2.09. The van der Waals surface area contributed by atoms with Crippen LogP contribution in [-0.2, 0) is 10.6 Å². The van der Waals surface area contributed by atoms with Crippen LogP contribution in [0.1, 0.15) is 22.7 Å². The highest BCUT2D eigenvalue weighted by molar-refractivity contribution is 6.16. The number of hydrogen-bond acceptors (Lipinski definition) is 3. The van der Waals surface area contributed by atoms with E-state index in [1.807, 2.05) is 0 Å². The zero-order valence-corrected chi connectivity index (χ0v) is 9.34. The minimum absolute atomic E-state index is 0.220. The molecule has 0 aromatic carbocycles. The molecule has 84 valence electrons. The van der Waals surface area contributed by atoms with Crippen molar-refractivity contribution in [2.24, 2.45) is 0 Å². The van der Waals surface area contributed by atoms with Gasteiger partial charge in [0.05, 0.1) is 5.88 Å². The molecule has 0 aliphatic rings. The molecule has 1 aromatic heterocycles. The summed E-state index contributed by atoms with van der Waals surface area (Å²) in [5, 5.41) is 2.72. The summed E-state index contributed by atoms with van der Waals surface area (Å²) in [4.78, 5) is 11.4. The largest absolute Gasteiger partial charge is 0.455 e. The van der Waals surface area contributed by atoms with Crippen LogP contribution < -0.4 is 5.32 Å². The molecule has 0 saturated carbocycles. The number of amides is 1. The van der Waals surface area contributed by atoms with E-state index in [0.717, 1.165) is 6.42 Å². The van der Waals surface area contributed by atoms with Gasteiger partial charge in [-0.3, -0.25) is 4.79 Å². The summed E-state index contributed by atoms with van der Waals surface area (Å²) in [5.41, 5.74) is 0. The van der Waals surface area contributed by atoms with Crippen LogP contribution in [0.2, 0.25) is 0 Å². The van der Waals surface area contributed by atoms with Gasteiger partial charge in [0.15, 0.2) is 5.76 Å². The summed E-state index contributed by atoms with van der Waals surface area (Å²) in [7, 11) is 1.63. The maximum Gasteiger partial charge on any atom is 0.286 e. The number of halogens is 1. The van der Waals surface area contributed by atoms with Crippen molar-refractivity contribution in [3.05, 3.63) is 23.7 Å². The molecule has 0 radical (unpaired) electrons. The van der Waals surface area contributed by atoms with Crippen molar-refractivity contribution in [3.63, 3.8) is 0 Å². The first-order valence-corrected chi connectivity index (χ1v) is 5.23. The number of furan rings is 1. The van der Waals surface area contributed by atoms with Crippen molar-refractivity contribution < 1.29 is 13.9 Å². The molecule has 0 spiro atoms. The molecule has 0 atom stereocenters. The van der Waals surface area contributed by atoms with Crippen molar-refractivity contribution in [1.29, 1.82) is 0 Å². The first-order valence-electron chi connectivity index (χ1n) is 4.69. The summed E-state index contributed by atoms with van der Waals surface area (Å²) >= 11 is 5.55. The van der Waals surface area contributed by atoms with E-state index in [9.17, 15) is 4.79 Å². The Bertz CT molecular complexity index is 311. The molecule has 1 N–H and O–H groups in total. The molecule has 1 aromatic rings. The molecular formula is C10H14ClNO3. The lowest BCUT2D eigenvalue weighted by atomic mass is 10.4. The monoisotopic (exact) mass is 231 g/mol. The fourth-order valence-corrected chi connectivity index (χ4v) is 1.22. The van der Waals surface area contributed by atoms with Gasteiger partial charge in [0.25, 0.3) is 5.91 Å². The molecule has 1 amide bonds. The van der Waals surface area contributed by atoms with E-state index in [2.05, 4.69) is 5.32 Å². The van der Waals surface area contributed by atoms with Crippen LogP contribution in [0.15, 0.2) is 16.5 Å².